The molecular weight excluding hydrogens is 582 g/mol. The van der Waals surface area contributed by atoms with E-state index in [9.17, 15) is 19.8 Å². The molecule has 1 aromatic rings. The summed E-state index contributed by atoms with van der Waals surface area (Å²) in [5, 5.41) is 25.3. The van der Waals surface area contributed by atoms with Gasteiger partial charge in [-0.25, -0.2) is 4.79 Å². The highest BCUT2D eigenvalue weighted by atomic mass is 16.6. The lowest BCUT2D eigenvalue weighted by Gasteiger charge is -2.69. The molecule has 11 nitrogen and oxygen atoms in total. The Bertz CT molecular complexity index is 1330. The molecule has 7 bridgehead atoms. The molecular formula is C34H47NO10. The summed E-state index contributed by atoms with van der Waals surface area (Å²) in [6.07, 6.45) is -2.64. The Morgan fingerprint density at radius 2 is 1.76 bits per heavy atom. The van der Waals surface area contributed by atoms with Crippen molar-refractivity contribution in [3.05, 3.63) is 35.9 Å². The average molecular weight is 630 g/mol. The van der Waals surface area contributed by atoms with Crippen molar-refractivity contribution in [1.29, 1.82) is 0 Å². The summed E-state index contributed by atoms with van der Waals surface area (Å²) >= 11 is 0. The maximum atomic E-state index is 13.7. The molecule has 248 valence electrons. The SMILES string of the molecule is CCN1C[C@]2(COC)CC[C@H](OC)[C@@]34[C@@H]5C[C@@]6(O)[C@H](OC(=O)c7ccccc7)[C@@H]5[C@@](OC(C)=O)([C@H]([C@H](OC)[C@H]23)[C@@H]14)[C@@H](O)[C@@H]6OC. The van der Waals surface area contributed by atoms with E-state index in [0.717, 1.165) is 19.4 Å². The molecule has 0 radical (unpaired) electrons. The van der Waals surface area contributed by atoms with Crippen LogP contribution in [0.5, 0.6) is 0 Å². The van der Waals surface area contributed by atoms with Crippen molar-refractivity contribution < 1.29 is 48.2 Å². The number of hydrogen-bond donors (Lipinski definition) is 2. The second-order valence-corrected chi connectivity index (χ2v) is 14.3. The van der Waals surface area contributed by atoms with E-state index in [1.165, 1.54) is 14.0 Å². The van der Waals surface area contributed by atoms with Crippen molar-refractivity contribution in [3.8, 4) is 0 Å². The Balaban J connectivity index is 1.52. The number of methoxy groups -OCH3 is 4. The molecule has 11 heteroatoms. The second kappa shape index (κ2) is 10.7. The van der Waals surface area contributed by atoms with Gasteiger partial charge in [-0.3, -0.25) is 9.69 Å². The highest BCUT2D eigenvalue weighted by Crippen LogP contribution is 2.80. The van der Waals surface area contributed by atoms with Gasteiger partial charge in [0.1, 0.15) is 23.9 Å². The Labute approximate surface area is 264 Å². The Hall–Kier alpha value is -2.12. The lowest BCUT2D eigenvalue weighted by atomic mass is 9.43. The number of rotatable bonds is 9. The standard InChI is InChI=1S/C34H47NO10/c1-7-35-16-31(17-40-3)14-13-21(41-4)33-20-15-32(39)28(44-30(38)19-11-9-8-10-12-19)22(20)34(45-18(2)36,27(37)29(32)43-6)23(26(33)35)24(42-5)25(31)33/h8-12,20-29,37,39H,7,13-17H2,1-6H3/t20-,21+,22-,23-,24+,25-,26-,27+,28-,29+,31+,32-,33+,34-/m1/s1. The van der Waals surface area contributed by atoms with Crippen LogP contribution in [0.25, 0.3) is 0 Å². The van der Waals surface area contributed by atoms with Gasteiger partial charge in [0, 0.05) is 76.5 Å². The Morgan fingerprint density at radius 3 is 2.36 bits per heavy atom. The van der Waals surface area contributed by atoms with Crippen LogP contribution in [0.3, 0.4) is 0 Å². The Kier molecular flexibility index (Phi) is 7.48. The number of carbonyl (C=O) groups is 2. The minimum atomic E-state index is -1.76. The summed E-state index contributed by atoms with van der Waals surface area (Å²) in [7, 11) is 6.59. The quantitative estimate of drug-likeness (QED) is 0.387. The van der Waals surface area contributed by atoms with Crippen LogP contribution in [0.15, 0.2) is 30.3 Å². The van der Waals surface area contributed by atoms with E-state index in [-0.39, 0.29) is 35.8 Å². The molecule has 45 heavy (non-hydrogen) atoms. The topological polar surface area (TPSA) is 133 Å². The summed E-state index contributed by atoms with van der Waals surface area (Å²) in [5.74, 6) is -2.95. The molecule has 6 aliphatic rings. The van der Waals surface area contributed by atoms with Gasteiger partial charge in [0.2, 0.25) is 0 Å². The van der Waals surface area contributed by atoms with Crippen molar-refractivity contribution in [2.75, 3.05) is 48.1 Å². The molecule has 0 amide bonds. The van der Waals surface area contributed by atoms with Gasteiger partial charge in [0.25, 0.3) is 0 Å². The Morgan fingerprint density at radius 1 is 1.02 bits per heavy atom. The van der Waals surface area contributed by atoms with Gasteiger partial charge in [0.05, 0.1) is 24.4 Å². The fourth-order valence-electron chi connectivity index (χ4n) is 12.4. The summed E-state index contributed by atoms with van der Waals surface area (Å²) in [6, 6.07) is 8.42. The minimum Gasteiger partial charge on any atom is -0.455 e. The molecule has 1 saturated heterocycles. The molecule has 14 atom stereocenters. The predicted molar refractivity (Wildman–Crippen MR) is 159 cm³/mol. The summed E-state index contributed by atoms with van der Waals surface area (Å²) in [4.78, 5) is 29.4. The first-order valence-electron chi connectivity index (χ1n) is 16.2. The number of nitrogens with zero attached hydrogens (tertiary/aromatic N) is 1. The van der Waals surface area contributed by atoms with Crippen molar-refractivity contribution in [1.82, 2.24) is 4.90 Å². The van der Waals surface area contributed by atoms with E-state index in [1.54, 1.807) is 45.6 Å². The number of fused-ring (bicyclic) bond motifs is 2. The first kappa shape index (κ1) is 31.5. The number of aliphatic hydroxyl groups is 2. The van der Waals surface area contributed by atoms with Crippen LogP contribution in [-0.4, -0.2) is 123 Å². The molecule has 5 saturated carbocycles. The summed E-state index contributed by atoms with van der Waals surface area (Å²) < 4.78 is 37.7. The zero-order valence-corrected chi connectivity index (χ0v) is 27.0. The number of carbonyl (C=O) groups excluding carboxylic acids is 2. The van der Waals surface area contributed by atoms with Gasteiger partial charge >= 0.3 is 11.9 Å². The van der Waals surface area contributed by atoms with Crippen LogP contribution in [0.1, 0.15) is 43.5 Å². The van der Waals surface area contributed by atoms with Gasteiger partial charge in [0.15, 0.2) is 5.60 Å². The molecule has 5 aliphatic carbocycles. The minimum absolute atomic E-state index is 0.101. The van der Waals surface area contributed by atoms with Crippen LogP contribution in [-0.2, 0) is 33.2 Å². The summed E-state index contributed by atoms with van der Waals surface area (Å²) in [6.45, 7) is 5.44. The first-order chi connectivity index (χ1) is 21.6. The molecule has 7 rings (SSSR count). The molecule has 1 aromatic carbocycles. The van der Waals surface area contributed by atoms with E-state index in [4.69, 9.17) is 28.4 Å². The number of esters is 2. The van der Waals surface area contributed by atoms with Gasteiger partial charge in [-0.2, -0.15) is 0 Å². The molecule has 0 unspecified atom stereocenters. The number of ether oxygens (including phenoxy) is 6. The lowest BCUT2D eigenvalue weighted by molar-refractivity contribution is -0.317. The van der Waals surface area contributed by atoms with Gasteiger partial charge < -0.3 is 38.6 Å². The number of benzene rings is 1. The molecule has 1 heterocycles. The van der Waals surface area contributed by atoms with E-state index in [2.05, 4.69) is 11.8 Å². The van der Waals surface area contributed by atoms with Gasteiger partial charge in [-0.1, -0.05) is 25.1 Å². The third kappa shape index (κ3) is 3.66. The first-order valence-corrected chi connectivity index (χ1v) is 16.2. The molecule has 1 spiro atoms. The normalized spacial score (nSPS) is 49.1. The number of aliphatic hydroxyl groups excluding tert-OH is 1. The molecule has 6 fully saturated rings. The lowest BCUT2D eigenvalue weighted by Crippen LogP contribution is -2.80. The maximum Gasteiger partial charge on any atom is 0.338 e. The van der Waals surface area contributed by atoms with E-state index < -0.39 is 64.8 Å². The smallest absolute Gasteiger partial charge is 0.338 e. The summed E-state index contributed by atoms with van der Waals surface area (Å²) in [5.41, 5.74) is -3.92. The largest absolute Gasteiger partial charge is 0.455 e. The van der Waals surface area contributed by atoms with Gasteiger partial charge in [-0.05, 0) is 43.9 Å². The van der Waals surface area contributed by atoms with Crippen molar-refractivity contribution >= 4 is 11.9 Å². The third-order valence-corrected chi connectivity index (χ3v) is 13.0. The zero-order valence-electron chi connectivity index (χ0n) is 27.0. The van der Waals surface area contributed by atoms with E-state index in [1.807, 2.05) is 6.07 Å². The van der Waals surface area contributed by atoms with Crippen LogP contribution in [0, 0.1) is 34.5 Å². The fraction of sp³-hybridized carbons (Fsp3) is 0.765. The van der Waals surface area contributed by atoms with Crippen LogP contribution < -0.4 is 0 Å². The number of piperidine rings is 1. The van der Waals surface area contributed by atoms with E-state index >= 15 is 0 Å². The third-order valence-electron chi connectivity index (χ3n) is 13.0. The second-order valence-electron chi connectivity index (χ2n) is 14.3. The van der Waals surface area contributed by atoms with Crippen molar-refractivity contribution in [3.63, 3.8) is 0 Å². The fourth-order valence-corrected chi connectivity index (χ4v) is 12.4. The molecule has 1 aliphatic heterocycles. The van der Waals surface area contributed by atoms with E-state index in [0.29, 0.717) is 18.7 Å². The van der Waals surface area contributed by atoms with Crippen molar-refractivity contribution in [2.45, 2.75) is 80.9 Å². The van der Waals surface area contributed by atoms with Crippen LogP contribution >= 0.6 is 0 Å². The average Bonchev–Trinajstić information content (AvgIpc) is 3.40. The number of hydrogen-bond acceptors (Lipinski definition) is 11. The highest BCUT2D eigenvalue weighted by Gasteiger charge is 2.91. The molecule has 0 aromatic heterocycles. The zero-order chi connectivity index (χ0) is 32.1. The molecule has 2 N–H and O–H groups in total. The van der Waals surface area contributed by atoms with Crippen LogP contribution in [0.2, 0.25) is 0 Å². The number of likely N-dealkylation sites (tertiary alicyclic amines) is 1. The monoisotopic (exact) mass is 629 g/mol. The maximum absolute atomic E-state index is 13.7. The highest BCUT2D eigenvalue weighted by molar-refractivity contribution is 5.89. The van der Waals surface area contributed by atoms with Crippen LogP contribution in [0.4, 0.5) is 0 Å². The predicted octanol–water partition coefficient (Wildman–Crippen LogP) is 1.68. The van der Waals surface area contributed by atoms with Gasteiger partial charge in [-0.15, -0.1) is 0 Å². The van der Waals surface area contributed by atoms with Crippen molar-refractivity contribution in [2.24, 2.45) is 34.5 Å².